The van der Waals surface area contributed by atoms with Gasteiger partial charge in [-0.2, -0.15) is 0 Å². The average molecular weight is 451 g/mol. The SMILES string of the molecule is CCC(=O)Nc1ccc(N2CC[C@@](O)(OC(=O)NCc3cc(F)cc(Cl)c3)C2=O)cn1. The van der Waals surface area contributed by atoms with E-state index in [0.29, 0.717) is 23.5 Å². The monoisotopic (exact) mass is 450 g/mol. The molecule has 3 N–H and O–H groups in total. The number of benzene rings is 1. The Morgan fingerprint density at radius 2 is 2.13 bits per heavy atom. The number of nitrogens with zero attached hydrogens (tertiary/aromatic N) is 2. The van der Waals surface area contributed by atoms with E-state index in [0.717, 1.165) is 6.07 Å². The third kappa shape index (κ3) is 5.47. The van der Waals surface area contributed by atoms with Gasteiger partial charge in [-0.1, -0.05) is 18.5 Å². The molecule has 2 aromatic rings. The van der Waals surface area contributed by atoms with Gasteiger partial charge in [-0.15, -0.1) is 0 Å². The molecule has 0 aliphatic carbocycles. The Morgan fingerprint density at radius 1 is 1.35 bits per heavy atom. The summed E-state index contributed by atoms with van der Waals surface area (Å²) in [5.41, 5.74) is 0.753. The molecule has 1 atom stereocenters. The van der Waals surface area contributed by atoms with Crippen molar-refractivity contribution in [2.75, 3.05) is 16.8 Å². The summed E-state index contributed by atoms with van der Waals surface area (Å²) in [7, 11) is 0. The Balaban J connectivity index is 1.59. The maximum atomic E-state index is 13.4. The molecule has 11 heteroatoms. The number of nitrogens with one attached hydrogen (secondary N) is 2. The fraction of sp³-hybridized carbons (Fsp3) is 0.300. The molecule has 0 saturated carbocycles. The van der Waals surface area contributed by atoms with Gasteiger partial charge < -0.3 is 25.4 Å². The summed E-state index contributed by atoms with van der Waals surface area (Å²) in [6.07, 6.45) is 0.461. The van der Waals surface area contributed by atoms with Crippen LogP contribution in [0.5, 0.6) is 0 Å². The van der Waals surface area contributed by atoms with Crippen molar-refractivity contribution in [2.45, 2.75) is 32.1 Å². The summed E-state index contributed by atoms with van der Waals surface area (Å²) < 4.78 is 18.3. The lowest BCUT2D eigenvalue weighted by molar-refractivity contribution is -0.175. The molecule has 1 saturated heterocycles. The number of carbonyl (C=O) groups excluding carboxylic acids is 3. The van der Waals surface area contributed by atoms with Crippen LogP contribution in [0.3, 0.4) is 0 Å². The number of aromatic nitrogens is 1. The number of hydrogen-bond acceptors (Lipinski definition) is 6. The van der Waals surface area contributed by atoms with Crippen molar-refractivity contribution < 1.29 is 28.6 Å². The van der Waals surface area contributed by atoms with Gasteiger partial charge in [-0.05, 0) is 35.9 Å². The van der Waals surface area contributed by atoms with Crippen molar-refractivity contribution >= 4 is 41.0 Å². The minimum atomic E-state index is -2.35. The molecule has 3 rings (SSSR count). The molecule has 0 radical (unpaired) electrons. The number of ether oxygens (including phenoxy) is 1. The van der Waals surface area contributed by atoms with E-state index >= 15 is 0 Å². The predicted molar refractivity (Wildman–Crippen MR) is 110 cm³/mol. The minimum absolute atomic E-state index is 0.0878. The summed E-state index contributed by atoms with van der Waals surface area (Å²) in [4.78, 5) is 41.4. The first kappa shape index (κ1) is 22.4. The Hall–Kier alpha value is -3.24. The predicted octanol–water partition coefficient (Wildman–Crippen LogP) is 2.57. The quantitative estimate of drug-likeness (QED) is 0.582. The van der Waals surface area contributed by atoms with E-state index in [9.17, 15) is 23.9 Å². The van der Waals surface area contributed by atoms with Crippen LogP contribution in [-0.4, -0.2) is 40.3 Å². The molecule has 2 heterocycles. The topological polar surface area (TPSA) is 121 Å². The van der Waals surface area contributed by atoms with Gasteiger partial charge in [0.05, 0.1) is 11.9 Å². The maximum absolute atomic E-state index is 13.4. The number of alkyl carbamates (subject to hydrolysis) is 1. The highest BCUT2D eigenvalue weighted by atomic mass is 35.5. The van der Waals surface area contributed by atoms with E-state index in [2.05, 4.69) is 15.6 Å². The smallest absolute Gasteiger partial charge is 0.407 e. The van der Waals surface area contributed by atoms with E-state index in [1.165, 1.54) is 29.3 Å². The number of carbonyl (C=O) groups is 3. The maximum Gasteiger partial charge on any atom is 0.410 e. The highest BCUT2D eigenvalue weighted by Gasteiger charge is 2.49. The summed E-state index contributed by atoms with van der Waals surface area (Å²) in [5.74, 6) is -3.62. The van der Waals surface area contributed by atoms with Crippen LogP contribution < -0.4 is 15.5 Å². The Bertz CT molecular complexity index is 983. The van der Waals surface area contributed by atoms with Crippen molar-refractivity contribution in [2.24, 2.45) is 0 Å². The molecule has 1 aromatic carbocycles. The second-order valence-electron chi connectivity index (χ2n) is 6.82. The molecule has 1 aliphatic rings. The molecule has 1 aliphatic heterocycles. The molecule has 0 bridgehead atoms. The van der Waals surface area contributed by atoms with E-state index in [1.807, 2.05) is 0 Å². The number of halogens is 2. The molecule has 164 valence electrons. The zero-order valence-electron chi connectivity index (χ0n) is 16.5. The van der Waals surface area contributed by atoms with Crippen molar-refractivity contribution in [3.8, 4) is 0 Å². The molecule has 3 amide bonds. The number of amides is 3. The zero-order valence-corrected chi connectivity index (χ0v) is 17.3. The van der Waals surface area contributed by atoms with E-state index < -0.39 is 23.6 Å². The third-order valence-corrected chi connectivity index (χ3v) is 4.74. The van der Waals surface area contributed by atoms with Crippen molar-refractivity contribution in [1.82, 2.24) is 10.3 Å². The minimum Gasteiger partial charge on any atom is -0.407 e. The number of anilines is 2. The van der Waals surface area contributed by atoms with Crippen LogP contribution >= 0.6 is 11.6 Å². The lowest BCUT2D eigenvalue weighted by atomic mass is 10.2. The van der Waals surface area contributed by atoms with Crippen molar-refractivity contribution in [3.63, 3.8) is 0 Å². The van der Waals surface area contributed by atoms with Crippen LogP contribution in [0.1, 0.15) is 25.3 Å². The van der Waals surface area contributed by atoms with Crippen LogP contribution in [0, 0.1) is 5.82 Å². The van der Waals surface area contributed by atoms with E-state index in [4.69, 9.17) is 16.3 Å². The molecule has 0 unspecified atom stereocenters. The van der Waals surface area contributed by atoms with Crippen LogP contribution in [0.4, 0.5) is 20.7 Å². The van der Waals surface area contributed by atoms with Gasteiger partial charge in [0, 0.05) is 31.0 Å². The first-order chi connectivity index (χ1) is 14.7. The average Bonchev–Trinajstić information content (AvgIpc) is 3.00. The molecular weight excluding hydrogens is 431 g/mol. The first-order valence-electron chi connectivity index (χ1n) is 9.42. The summed E-state index contributed by atoms with van der Waals surface area (Å²) in [6, 6.07) is 6.84. The lowest BCUT2D eigenvalue weighted by Gasteiger charge is -2.22. The van der Waals surface area contributed by atoms with Gasteiger partial charge in [0.1, 0.15) is 11.6 Å². The van der Waals surface area contributed by atoms with Gasteiger partial charge in [0.2, 0.25) is 5.91 Å². The van der Waals surface area contributed by atoms with Gasteiger partial charge in [0.15, 0.2) is 0 Å². The Labute approximate surface area is 182 Å². The molecule has 0 spiro atoms. The fourth-order valence-corrected chi connectivity index (χ4v) is 3.20. The highest BCUT2D eigenvalue weighted by Crippen LogP contribution is 2.29. The summed E-state index contributed by atoms with van der Waals surface area (Å²) >= 11 is 5.76. The number of aliphatic hydroxyl groups is 1. The van der Waals surface area contributed by atoms with Crippen molar-refractivity contribution in [3.05, 3.63) is 52.9 Å². The van der Waals surface area contributed by atoms with Crippen LogP contribution in [0.15, 0.2) is 36.5 Å². The van der Waals surface area contributed by atoms with Gasteiger partial charge in [-0.25, -0.2) is 14.2 Å². The van der Waals surface area contributed by atoms with E-state index in [-0.39, 0.29) is 30.4 Å². The summed E-state index contributed by atoms with van der Waals surface area (Å²) in [5, 5.41) is 15.6. The standard InChI is InChI=1S/C20H20ClFN4O5/c1-2-17(27)25-16-4-3-15(11-23-16)26-6-5-20(30,18(26)28)31-19(29)24-10-12-7-13(21)9-14(22)8-12/h3-4,7-9,11,30H,2,5-6,10H2,1H3,(H,24,29)(H,23,25,27)/t20-/m1/s1. The summed E-state index contributed by atoms with van der Waals surface area (Å²) in [6.45, 7) is 1.68. The molecule has 1 aromatic heterocycles. The second kappa shape index (κ2) is 9.27. The molecular formula is C20H20ClFN4O5. The third-order valence-electron chi connectivity index (χ3n) is 4.52. The van der Waals surface area contributed by atoms with Crippen LogP contribution in [0.25, 0.3) is 0 Å². The lowest BCUT2D eigenvalue weighted by Crippen LogP contribution is -2.46. The van der Waals surface area contributed by atoms with Gasteiger partial charge in [0.25, 0.3) is 11.7 Å². The van der Waals surface area contributed by atoms with Gasteiger partial charge >= 0.3 is 6.09 Å². The Kier molecular flexibility index (Phi) is 6.71. The van der Waals surface area contributed by atoms with Gasteiger partial charge in [-0.3, -0.25) is 9.59 Å². The normalized spacial score (nSPS) is 18.1. The number of pyridine rings is 1. The fourth-order valence-electron chi connectivity index (χ4n) is 2.95. The number of rotatable bonds is 6. The second-order valence-corrected chi connectivity index (χ2v) is 7.25. The first-order valence-corrected chi connectivity index (χ1v) is 9.80. The largest absolute Gasteiger partial charge is 0.410 e. The van der Waals surface area contributed by atoms with Crippen LogP contribution in [0.2, 0.25) is 5.02 Å². The molecule has 9 nitrogen and oxygen atoms in total. The number of hydrogen-bond donors (Lipinski definition) is 3. The van der Waals surface area contributed by atoms with Crippen LogP contribution in [-0.2, 0) is 20.9 Å². The highest BCUT2D eigenvalue weighted by molar-refractivity contribution is 6.30. The Morgan fingerprint density at radius 3 is 2.77 bits per heavy atom. The molecule has 31 heavy (non-hydrogen) atoms. The molecule has 1 fully saturated rings. The van der Waals surface area contributed by atoms with E-state index in [1.54, 1.807) is 13.0 Å². The van der Waals surface area contributed by atoms with Crippen molar-refractivity contribution in [1.29, 1.82) is 0 Å². The zero-order chi connectivity index (χ0) is 22.6.